The van der Waals surface area contributed by atoms with Crippen molar-refractivity contribution in [3.63, 3.8) is 0 Å². The molecule has 1 amide bonds. The van der Waals surface area contributed by atoms with Gasteiger partial charge in [0.25, 0.3) is 0 Å². The van der Waals surface area contributed by atoms with E-state index in [-0.39, 0.29) is 13.0 Å². The van der Waals surface area contributed by atoms with Crippen LogP contribution in [0.5, 0.6) is 5.75 Å². The van der Waals surface area contributed by atoms with E-state index < -0.39 is 38.3 Å². The van der Waals surface area contributed by atoms with Gasteiger partial charge in [0.15, 0.2) is 0 Å². The maximum atomic E-state index is 10.8. The van der Waals surface area contributed by atoms with Crippen molar-refractivity contribution < 1.29 is 24.2 Å². The number of benzene rings is 1. The highest BCUT2D eigenvalue weighted by Crippen LogP contribution is 2.12. The Morgan fingerprint density at radius 2 is 2.21 bits per heavy atom. The highest BCUT2D eigenvalue weighted by Gasteiger charge is 2.06. The number of amides is 1. The van der Waals surface area contributed by atoms with Crippen molar-refractivity contribution >= 4 is 5.91 Å². The minimum absolute atomic E-state index is 0.0860. The molecule has 5 heteroatoms. The lowest BCUT2D eigenvalue weighted by molar-refractivity contribution is -0.117. The van der Waals surface area contributed by atoms with Crippen LogP contribution in [-0.4, -0.2) is 36.3 Å². The fourth-order valence-corrected chi connectivity index (χ4v) is 1.38. The summed E-state index contributed by atoms with van der Waals surface area (Å²) >= 11 is 0. The first-order valence-corrected chi connectivity index (χ1v) is 5.69. The van der Waals surface area contributed by atoms with Crippen molar-refractivity contribution in [2.75, 3.05) is 13.2 Å². The van der Waals surface area contributed by atoms with Crippen LogP contribution in [0.4, 0.5) is 0 Å². The molecule has 0 spiro atoms. The van der Waals surface area contributed by atoms with E-state index in [2.05, 4.69) is 5.32 Å². The van der Waals surface area contributed by atoms with E-state index in [1.54, 1.807) is 24.3 Å². The van der Waals surface area contributed by atoms with Crippen molar-refractivity contribution in [1.29, 1.82) is 0 Å². The molecule has 0 radical (unpaired) electrons. The third-order valence-corrected chi connectivity index (χ3v) is 2.26. The highest BCUT2D eigenvalue weighted by molar-refractivity contribution is 5.76. The number of nitrogens with two attached hydrogens (primary N) is 1. The summed E-state index contributed by atoms with van der Waals surface area (Å²) in [5.74, 6) is -0.0800. The lowest BCUT2D eigenvalue weighted by atomic mass is 10.1. The topological polar surface area (TPSA) is 84.6 Å². The summed E-state index contributed by atoms with van der Waals surface area (Å²) in [5.41, 5.74) is 5.78. The van der Waals surface area contributed by atoms with Crippen LogP contribution in [-0.2, 0) is 11.2 Å². The van der Waals surface area contributed by atoms with Gasteiger partial charge in [-0.3, -0.25) is 4.79 Å². The number of carbonyl (C=O) groups excluding carboxylic acids is 1. The molecule has 0 bridgehead atoms. The number of carbonyl (C=O) groups is 1. The number of hydrogen-bond acceptors (Lipinski definition) is 4. The fraction of sp³-hybridized carbons (Fsp3) is 0.500. The summed E-state index contributed by atoms with van der Waals surface area (Å²) in [6.07, 6.45) is -1.16. The Bertz CT molecular complexity index is 588. The van der Waals surface area contributed by atoms with Crippen LogP contribution in [0.15, 0.2) is 24.3 Å². The average Bonchev–Trinajstić information content (AvgIpc) is 2.49. The molecule has 1 unspecified atom stereocenters. The van der Waals surface area contributed by atoms with Crippen molar-refractivity contribution in [2.24, 2.45) is 5.73 Å². The minimum atomic E-state index is -3.12. The molecule has 1 atom stereocenters. The first-order valence-electron chi connectivity index (χ1n) is 9.19. The van der Waals surface area contributed by atoms with Crippen molar-refractivity contribution in [3.8, 4) is 5.75 Å². The van der Waals surface area contributed by atoms with Crippen LogP contribution < -0.4 is 15.8 Å². The maximum absolute atomic E-state index is 10.8. The van der Waals surface area contributed by atoms with E-state index in [9.17, 15) is 9.90 Å². The molecule has 0 aromatic heterocycles. The SMILES string of the molecule is [2H]C([2H])([2H])C([2H])(NCC(O)COc1ccc(CC(N)=O)cc1)C([2H])([2H])[2H]. The van der Waals surface area contributed by atoms with Gasteiger partial charge in [-0.05, 0) is 17.7 Å². The zero-order chi connectivity index (χ0) is 20.2. The fourth-order valence-electron chi connectivity index (χ4n) is 1.38. The quantitative estimate of drug-likeness (QED) is 0.642. The van der Waals surface area contributed by atoms with E-state index in [0.717, 1.165) is 0 Å². The van der Waals surface area contributed by atoms with Gasteiger partial charge >= 0.3 is 0 Å². The van der Waals surface area contributed by atoms with E-state index in [4.69, 9.17) is 20.1 Å². The smallest absolute Gasteiger partial charge is 0.221 e. The molecular formula is C14H22N2O3. The van der Waals surface area contributed by atoms with Gasteiger partial charge in [0, 0.05) is 22.2 Å². The van der Waals surface area contributed by atoms with Crippen LogP contribution in [0.3, 0.4) is 0 Å². The summed E-state index contributed by atoms with van der Waals surface area (Å²) < 4.78 is 56.7. The predicted molar refractivity (Wildman–Crippen MR) is 74.0 cm³/mol. The molecular weight excluding hydrogens is 244 g/mol. The van der Waals surface area contributed by atoms with Gasteiger partial charge < -0.3 is 20.9 Å². The second kappa shape index (κ2) is 7.76. The lowest BCUT2D eigenvalue weighted by Crippen LogP contribution is -2.35. The van der Waals surface area contributed by atoms with E-state index in [1.165, 1.54) is 0 Å². The van der Waals surface area contributed by atoms with Crippen molar-refractivity contribution in [3.05, 3.63) is 29.8 Å². The van der Waals surface area contributed by atoms with Crippen molar-refractivity contribution in [2.45, 2.75) is 32.2 Å². The summed E-state index contributed by atoms with van der Waals surface area (Å²) in [6, 6.07) is 3.49. The van der Waals surface area contributed by atoms with E-state index in [0.29, 0.717) is 11.3 Å². The van der Waals surface area contributed by atoms with Gasteiger partial charge in [0.1, 0.15) is 18.5 Å². The minimum Gasteiger partial charge on any atom is -0.491 e. The third kappa shape index (κ3) is 6.79. The predicted octanol–water partition coefficient (Wildman–Crippen LogP) is 0.452. The molecule has 5 nitrogen and oxygen atoms in total. The number of nitrogens with one attached hydrogen (secondary N) is 1. The summed E-state index contributed by atoms with van der Waals surface area (Å²) in [7, 11) is 0. The molecule has 4 N–H and O–H groups in total. The molecule has 0 aliphatic heterocycles. The molecule has 1 aromatic rings. The molecule has 1 rings (SSSR count). The number of aliphatic hydroxyl groups is 1. The van der Waals surface area contributed by atoms with Crippen LogP contribution in [0, 0.1) is 0 Å². The van der Waals surface area contributed by atoms with Crippen LogP contribution >= 0.6 is 0 Å². The molecule has 1 aromatic carbocycles. The molecule has 0 saturated heterocycles. The molecule has 0 heterocycles. The molecule has 0 fully saturated rings. The first-order chi connectivity index (χ1) is 11.8. The van der Waals surface area contributed by atoms with Gasteiger partial charge in [-0.15, -0.1) is 0 Å². The second-order valence-corrected chi connectivity index (χ2v) is 4.01. The van der Waals surface area contributed by atoms with Crippen LogP contribution in [0.2, 0.25) is 0 Å². The Morgan fingerprint density at radius 3 is 2.79 bits per heavy atom. The number of aliphatic hydroxyl groups excluding tert-OH is 1. The Morgan fingerprint density at radius 1 is 1.53 bits per heavy atom. The third-order valence-electron chi connectivity index (χ3n) is 2.26. The van der Waals surface area contributed by atoms with Crippen LogP contribution in [0.1, 0.15) is 28.9 Å². The number of ether oxygens (including phenoxy) is 1. The standard InChI is InChI=1S/C14H22N2O3/c1-10(2)16-8-12(17)9-19-13-5-3-11(4-6-13)7-14(15)18/h3-6,10,12,16-17H,7-9H2,1-2H3,(H2,15,18)/i1D3,2D3,10D. The summed E-state index contributed by atoms with van der Waals surface area (Å²) in [6.45, 7) is -6.94. The summed E-state index contributed by atoms with van der Waals surface area (Å²) in [5, 5.41) is 12.0. The molecule has 0 saturated carbocycles. The van der Waals surface area contributed by atoms with Gasteiger partial charge in [-0.2, -0.15) is 0 Å². The van der Waals surface area contributed by atoms with Gasteiger partial charge in [-0.1, -0.05) is 25.8 Å². The Labute approximate surface area is 123 Å². The Balaban J connectivity index is 2.58. The van der Waals surface area contributed by atoms with Crippen LogP contribution in [0.25, 0.3) is 0 Å². The van der Waals surface area contributed by atoms with Crippen molar-refractivity contribution in [1.82, 2.24) is 5.32 Å². The molecule has 0 aliphatic rings. The second-order valence-electron chi connectivity index (χ2n) is 4.01. The summed E-state index contributed by atoms with van der Waals surface area (Å²) in [4.78, 5) is 10.8. The largest absolute Gasteiger partial charge is 0.491 e. The highest BCUT2D eigenvalue weighted by atomic mass is 16.5. The van der Waals surface area contributed by atoms with E-state index in [1.807, 2.05) is 0 Å². The monoisotopic (exact) mass is 273 g/mol. The Kier molecular flexibility index (Phi) is 3.21. The normalized spacial score (nSPS) is 19.7. The zero-order valence-corrected chi connectivity index (χ0v) is 10.3. The number of primary amides is 1. The van der Waals surface area contributed by atoms with Gasteiger partial charge in [0.05, 0.1) is 6.42 Å². The molecule has 0 aliphatic carbocycles. The van der Waals surface area contributed by atoms with E-state index >= 15 is 0 Å². The first kappa shape index (κ1) is 7.87. The number of hydrogen-bond donors (Lipinski definition) is 3. The Hall–Kier alpha value is -1.59. The molecule has 106 valence electrons. The average molecular weight is 273 g/mol. The van der Waals surface area contributed by atoms with Gasteiger partial charge in [0.2, 0.25) is 5.91 Å². The van der Waals surface area contributed by atoms with Gasteiger partial charge in [-0.25, -0.2) is 0 Å². The number of rotatable bonds is 8. The maximum Gasteiger partial charge on any atom is 0.221 e. The lowest BCUT2D eigenvalue weighted by Gasteiger charge is -2.15. The zero-order valence-electron chi connectivity index (χ0n) is 17.3. The molecule has 19 heavy (non-hydrogen) atoms.